The van der Waals surface area contributed by atoms with Crippen molar-refractivity contribution >= 4 is 35.3 Å². The fraction of sp³-hybridized carbons (Fsp3) is 0.0625. The molecule has 2 aromatic carbocycles. The van der Waals surface area contributed by atoms with Gasteiger partial charge in [-0.05, 0) is 30.7 Å². The van der Waals surface area contributed by atoms with E-state index < -0.39 is 17.6 Å². The number of anilines is 1. The van der Waals surface area contributed by atoms with Crippen LogP contribution in [0.2, 0.25) is 5.02 Å². The number of carbonyl (C=O) groups excluding carboxylic acids is 2. The Balaban J connectivity index is 1.97. The first-order valence-electron chi connectivity index (χ1n) is 6.62. The summed E-state index contributed by atoms with van der Waals surface area (Å²) in [5, 5.41) is 6.42. The van der Waals surface area contributed by atoms with Gasteiger partial charge in [0.15, 0.2) is 0 Å². The zero-order chi connectivity index (χ0) is 16.8. The summed E-state index contributed by atoms with van der Waals surface area (Å²) in [5.41, 5.74) is 3.41. The second-order valence-electron chi connectivity index (χ2n) is 4.63. The number of hydrazone groups is 1. The average Bonchev–Trinajstić information content (AvgIpc) is 2.52. The van der Waals surface area contributed by atoms with E-state index in [0.29, 0.717) is 10.7 Å². The molecule has 0 spiro atoms. The highest BCUT2D eigenvalue weighted by Crippen LogP contribution is 2.19. The molecule has 0 unspecified atom stereocenters. The van der Waals surface area contributed by atoms with E-state index in [-0.39, 0.29) is 5.56 Å². The normalized spacial score (nSPS) is 10.6. The lowest BCUT2D eigenvalue weighted by Crippen LogP contribution is -2.32. The number of hydrogen-bond acceptors (Lipinski definition) is 3. The molecular weight excluding hydrogens is 321 g/mol. The van der Waals surface area contributed by atoms with Crippen molar-refractivity contribution in [2.24, 2.45) is 5.10 Å². The first-order chi connectivity index (χ1) is 11.0. The van der Waals surface area contributed by atoms with Crippen LogP contribution in [0.4, 0.5) is 10.1 Å². The summed E-state index contributed by atoms with van der Waals surface area (Å²) in [6.07, 6.45) is 1.12. The largest absolute Gasteiger partial charge is 0.329 e. The van der Waals surface area contributed by atoms with Gasteiger partial charge in [-0.2, -0.15) is 5.10 Å². The van der Waals surface area contributed by atoms with E-state index in [0.717, 1.165) is 11.8 Å². The number of rotatable bonds is 3. The highest BCUT2D eigenvalue weighted by atomic mass is 35.5. The fourth-order valence-corrected chi connectivity index (χ4v) is 1.87. The van der Waals surface area contributed by atoms with Crippen molar-refractivity contribution in [3.05, 3.63) is 64.4 Å². The number of halogens is 2. The molecule has 2 aromatic rings. The monoisotopic (exact) mass is 333 g/mol. The number of carbonyl (C=O) groups is 2. The van der Waals surface area contributed by atoms with Crippen LogP contribution in [0.1, 0.15) is 11.1 Å². The van der Waals surface area contributed by atoms with Gasteiger partial charge >= 0.3 is 11.8 Å². The Morgan fingerprint density at radius 2 is 1.91 bits per heavy atom. The van der Waals surface area contributed by atoms with Gasteiger partial charge in [-0.15, -0.1) is 0 Å². The molecule has 0 aliphatic heterocycles. The number of benzene rings is 2. The second-order valence-corrected chi connectivity index (χ2v) is 5.07. The third-order valence-electron chi connectivity index (χ3n) is 2.93. The topological polar surface area (TPSA) is 70.6 Å². The number of amides is 2. The molecule has 0 saturated carbocycles. The van der Waals surface area contributed by atoms with E-state index in [1.54, 1.807) is 25.1 Å². The second kappa shape index (κ2) is 7.51. The number of hydrogen-bond donors (Lipinski definition) is 2. The van der Waals surface area contributed by atoms with Gasteiger partial charge in [0.05, 0.1) is 6.21 Å². The molecule has 0 bridgehead atoms. The molecule has 2 N–H and O–H groups in total. The van der Waals surface area contributed by atoms with Crippen molar-refractivity contribution in [3.63, 3.8) is 0 Å². The molecule has 0 aromatic heterocycles. The van der Waals surface area contributed by atoms with Crippen molar-refractivity contribution in [1.29, 1.82) is 0 Å². The summed E-state index contributed by atoms with van der Waals surface area (Å²) in [6, 6.07) is 10.8. The number of aryl methyl sites for hydroxylation is 1. The highest BCUT2D eigenvalue weighted by molar-refractivity contribution is 6.40. The van der Waals surface area contributed by atoms with Crippen LogP contribution in [0, 0.1) is 12.7 Å². The van der Waals surface area contributed by atoms with Crippen molar-refractivity contribution in [2.75, 3.05) is 5.32 Å². The first-order valence-corrected chi connectivity index (χ1v) is 7.00. The zero-order valence-electron chi connectivity index (χ0n) is 12.1. The predicted molar refractivity (Wildman–Crippen MR) is 87.0 cm³/mol. The summed E-state index contributed by atoms with van der Waals surface area (Å²) in [6.45, 7) is 1.76. The SMILES string of the molecule is Cc1ccc(Cl)cc1NC(=O)C(=O)N/N=C\c1ccccc1F. The molecule has 7 heteroatoms. The van der Waals surface area contributed by atoms with Gasteiger partial charge < -0.3 is 5.32 Å². The maximum absolute atomic E-state index is 13.3. The summed E-state index contributed by atoms with van der Waals surface area (Å²) in [4.78, 5) is 23.4. The minimum atomic E-state index is -0.975. The lowest BCUT2D eigenvalue weighted by molar-refractivity contribution is -0.136. The quantitative estimate of drug-likeness (QED) is 0.515. The zero-order valence-corrected chi connectivity index (χ0v) is 12.9. The van der Waals surface area contributed by atoms with Gasteiger partial charge in [0, 0.05) is 16.3 Å². The molecule has 0 atom stereocenters. The van der Waals surface area contributed by atoms with Crippen molar-refractivity contribution < 1.29 is 14.0 Å². The van der Waals surface area contributed by atoms with E-state index >= 15 is 0 Å². The van der Waals surface area contributed by atoms with Gasteiger partial charge in [-0.1, -0.05) is 35.9 Å². The first kappa shape index (κ1) is 16.6. The van der Waals surface area contributed by atoms with Gasteiger partial charge in [-0.3, -0.25) is 9.59 Å². The predicted octanol–water partition coefficient (Wildman–Crippen LogP) is 2.88. The molecule has 0 aliphatic carbocycles. The number of nitrogens with zero attached hydrogens (tertiary/aromatic N) is 1. The van der Waals surface area contributed by atoms with Crippen molar-refractivity contribution in [1.82, 2.24) is 5.43 Å². The van der Waals surface area contributed by atoms with Crippen LogP contribution in [-0.2, 0) is 9.59 Å². The fourth-order valence-electron chi connectivity index (χ4n) is 1.70. The standard InChI is InChI=1S/C16H13ClFN3O2/c1-10-6-7-12(17)8-14(10)20-15(22)16(23)21-19-9-11-4-2-3-5-13(11)18/h2-9H,1H3,(H,20,22)(H,21,23)/b19-9-. The Labute approximate surface area is 137 Å². The molecule has 0 saturated heterocycles. The molecule has 2 rings (SSSR count). The Kier molecular flexibility index (Phi) is 5.43. The van der Waals surface area contributed by atoms with Crippen LogP contribution in [0.15, 0.2) is 47.6 Å². The van der Waals surface area contributed by atoms with Crippen LogP contribution < -0.4 is 10.7 Å². The molecule has 23 heavy (non-hydrogen) atoms. The Hall–Kier alpha value is -2.73. The lowest BCUT2D eigenvalue weighted by atomic mass is 10.2. The average molecular weight is 334 g/mol. The van der Waals surface area contributed by atoms with E-state index in [2.05, 4.69) is 10.4 Å². The van der Waals surface area contributed by atoms with Crippen LogP contribution in [0.25, 0.3) is 0 Å². The molecule has 0 heterocycles. The van der Waals surface area contributed by atoms with Gasteiger partial charge in [0.1, 0.15) is 5.82 Å². The summed E-state index contributed by atoms with van der Waals surface area (Å²) in [7, 11) is 0. The molecule has 0 fully saturated rings. The van der Waals surface area contributed by atoms with Crippen LogP contribution in [0.3, 0.4) is 0 Å². The summed E-state index contributed by atoms with van der Waals surface area (Å²) < 4.78 is 13.3. The van der Waals surface area contributed by atoms with E-state index in [9.17, 15) is 14.0 Å². The smallest absolute Gasteiger partial charge is 0.317 e. The van der Waals surface area contributed by atoms with Gasteiger partial charge in [0.2, 0.25) is 0 Å². The Bertz CT molecular complexity index is 778. The Morgan fingerprint density at radius 3 is 2.65 bits per heavy atom. The molecule has 118 valence electrons. The lowest BCUT2D eigenvalue weighted by Gasteiger charge is -2.07. The summed E-state index contributed by atoms with van der Waals surface area (Å²) in [5.74, 6) is -2.36. The summed E-state index contributed by atoms with van der Waals surface area (Å²) >= 11 is 5.84. The molecule has 5 nitrogen and oxygen atoms in total. The minimum Gasteiger partial charge on any atom is -0.317 e. The van der Waals surface area contributed by atoms with Crippen LogP contribution in [-0.4, -0.2) is 18.0 Å². The maximum atomic E-state index is 13.3. The molecular formula is C16H13ClFN3O2. The maximum Gasteiger partial charge on any atom is 0.329 e. The molecule has 0 aliphatic rings. The van der Waals surface area contributed by atoms with Crippen molar-refractivity contribution in [3.8, 4) is 0 Å². The minimum absolute atomic E-state index is 0.193. The van der Waals surface area contributed by atoms with Crippen LogP contribution >= 0.6 is 11.6 Å². The third-order valence-corrected chi connectivity index (χ3v) is 3.16. The third kappa shape index (κ3) is 4.62. The van der Waals surface area contributed by atoms with Crippen LogP contribution in [0.5, 0.6) is 0 Å². The van der Waals surface area contributed by atoms with Crippen molar-refractivity contribution in [2.45, 2.75) is 6.92 Å². The Morgan fingerprint density at radius 1 is 1.17 bits per heavy atom. The van der Waals surface area contributed by atoms with E-state index in [1.807, 2.05) is 5.43 Å². The van der Waals surface area contributed by atoms with Gasteiger partial charge in [0.25, 0.3) is 0 Å². The number of nitrogens with one attached hydrogen (secondary N) is 2. The van der Waals surface area contributed by atoms with Gasteiger partial charge in [-0.25, -0.2) is 9.82 Å². The van der Waals surface area contributed by atoms with E-state index in [1.165, 1.54) is 24.3 Å². The highest BCUT2D eigenvalue weighted by Gasteiger charge is 2.14. The molecule has 0 radical (unpaired) electrons. The van der Waals surface area contributed by atoms with E-state index in [4.69, 9.17) is 11.6 Å². The molecule has 2 amide bonds.